The number of halogens is 3. The highest BCUT2D eigenvalue weighted by atomic mass is 79.9. The molecule has 1 aromatic heterocycles. The van der Waals surface area contributed by atoms with Gasteiger partial charge in [0.1, 0.15) is 5.82 Å². The molecule has 3 nitrogen and oxygen atoms in total. The van der Waals surface area contributed by atoms with E-state index in [1.165, 1.54) is 0 Å². The number of anilines is 1. The molecule has 0 unspecified atom stereocenters. The molecule has 0 spiro atoms. The Hall–Kier alpha value is -0.650. The van der Waals surface area contributed by atoms with Crippen molar-refractivity contribution in [1.82, 2.24) is 9.97 Å². The second kappa shape index (κ2) is 7.07. The zero-order chi connectivity index (χ0) is 15.6. The van der Waals surface area contributed by atoms with Crippen LogP contribution in [0.1, 0.15) is 32.4 Å². The van der Waals surface area contributed by atoms with Crippen molar-refractivity contribution in [3.05, 3.63) is 37.9 Å². The minimum Gasteiger partial charge on any atom is -0.369 e. The van der Waals surface area contributed by atoms with Gasteiger partial charge in [-0.3, -0.25) is 0 Å². The van der Waals surface area contributed by atoms with Gasteiger partial charge < -0.3 is 5.32 Å². The van der Waals surface area contributed by atoms with E-state index in [0.717, 1.165) is 32.6 Å². The quantitative estimate of drug-likeness (QED) is 0.655. The third-order valence-electron chi connectivity index (χ3n) is 2.94. The van der Waals surface area contributed by atoms with Gasteiger partial charge in [0, 0.05) is 21.6 Å². The van der Waals surface area contributed by atoms with Crippen LogP contribution < -0.4 is 5.32 Å². The molecule has 0 radical (unpaired) electrons. The molecule has 0 amide bonds. The summed E-state index contributed by atoms with van der Waals surface area (Å²) >= 11 is 13.2. The molecular formula is C15H16Br2ClN3. The van der Waals surface area contributed by atoms with Crippen LogP contribution in [0.4, 0.5) is 5.82 Å². The van der Waals surface area contributed by atoms with E-state index in [1.807, 2.05) is 25.1 Å². The highest BCUT2D eigenvalue weighted by Crippen LogP contribution is 2.34. The van der Waals surface area contributed by atoms with Crippen LogP contribution in [0.2, 0.25) is 5.02 Å². The van der Waals surface area contributed by atoms with Gasteiger partial charge in [-0.15, -0.1) is 0 Å². The van der Waals surface area contributed by atoms with E-state index in [-0.39, 0.29) is 5.92 Å². The normalized spacial score (nSPS) is 11.0. The van der Waals surface area contributed by atoms with Crippen LogP contribution in [0.3, 0.4) is 0 Å². The largest absolute Gasteiger partial charge is 0.369 e. The summed E-state index contributed by atoms with van der Waals surface area (Å²) in [6, 6.07) is 5.61. The van der Waals surface area contributed by atoms with Crippen molar-refractivity contribution in [2.24, 2.45) is 0 Å². The third-order valence-corrected chi connectivity index (χ3v) is 4.65. The van der Waals surface area contributed by atoms with Crippen molar-refractivity contribution in [2.45, 2.75) is 26.7 Å². The van der Waals surface area contributed by atoms with Crippen LogP contribution in [-0.2, 0) is 0 Å². The van der Waals surface area contributed by atoms with Crippen molar-refractivity contribution in [1.29, 1.82) is 0 Å². The van der Waals surface area contributed by atoms with Gasteiger partial charge in [-0.2, -0.15) is 0 Å². The van der Waals surface area contributed by atoms with E-state index in [1.54, 1.807) is 0 Å². The summed E-state index contributed by atoms with van der Waals surface area (Å²) in [5.41, 5.74) is 1.86. The van der Waals surface area contributed by atoms with Crippen LogP contribution in [0.15, 0.2) is 27.1 Å². The number of nitrogens with one attached hydrogen (secondary N) is 1. The topological polar surface area (TPSA) is 37.8 Å². The Morgan fingerprint density at radius 1 is 1.24 bits per heavy atom. The van der Waals surface area contributed by atoms with E-state index in [9.17, 15) is 0 Å². The fraction of sp³-hybridized carbons (Fsp3) is 0.333. The predicted octanol–water partition coefficient (Wildman–Crippen LogP) is 5.88. The van der Waals surface area contributed by atoms with Crippen LogP contribution in [0.5, 0.6) is 0 Å². The van der Waals surface area contributed by atoms with Crippen molar-refractivity contribution in [3.63, 3.8) is 0 Å². The molecule has 0 bridgehead atoms. The molecular weight excluding hydrogens is 417 g/mol. The first kappa shape index (κ1) is 16.7. The summed E-state index contributed by atoms with van der Waals surface area (Å²) in [5, 5.41) is 3.93. The van der Waals surface area contributed by atoms with Crippen molar-refractivity contribution < 1.29 is 0 Å². The number of benzene rings is 1. The fourth-order valence-electron chi connectivity index (χ4n) is 1.92. The minimum atomic E-state index is 0.288. The second-order valence-electron chi connectivity index (χ2n) is 4.90. The lowest BCUT2D eigenvalue weighted by Gasteiger charge is -2.15. The van der Waals surface area contributed by atoms with Crippen LogP contribution in [-0.4, -0.2) is 16.5 Å². The molecule has 2 aromatic rings. The van der Waals surface area contributed by atoms with Crippen LogP contribution >= 0.6 is 43.5 Å². The molecule has 0 aliphatic carbocycles. The number of hydrogen-bond acceptors (Lipinski definition) is 3. The Labute approximate surface area is 146 Å². The van der Waals surface area contributed by atoms with E-state index in [2.05, 4.69) is 56.0 Å². The van der Waals surface area contributed by atoms with Crippen LogP contribution in [0, 0.1) is 0 Å². The summed E-state index contributed by atoms with van der Waals surface area (Å²) in [6.07, 6.45) is 0. The lowest BCUT2D eigenvalue weighted by atomic mass is 10.1. The first-order valence-electron chi connectivity index (χ1n) is 6.70. The summed E-state index contributed by atoms with van der Waals surface area (Å²) in [6.45, 7) is 7.06. The number of hydrogen-bond donors (Lipinski definition) is 1. The number of nitrogens with zero attached hydrogens (tertiary/aromatic N) is 2. The van der Waals surface area contributed by atoms with Gasteiger partial charge in [-0.1, -0.05) is 41.4 Å². The summed E-state index contributed by atoms with van der Waals surface area (Å²) < 4.78 is 1.84. The lowest BCUT2D eigenvalue weighted by Crippen LogP contribution is -2.07. The summed E-state index contributed by atoms with van der Waals surface area (Å²) in [7, 11) is 0. The molecule has 0 aliphatic heterocycles. The Morgan fingerprint density at radius 2 is 1.95 bits per heavy atom. The molecule has 112 valence electrons. The SMILES string of the molecule is CCNc1nc(-c2cc(Cl)ccc2Br)nc(C(C)C)c1Br. The van der Waals surface area contributed by atoms with Gasteiger partial charge in [0.05, 0.1) is 10.2 Å². The minimum absolute atomic E-state index is 0.288. The molecule has 0 aliphatic rings. The molecule has 1 heterocycles. The lowest BCUT2D eigenvalue weighted by molar-refractivity contribution is 0.809. The van der Waals surface area contributed by atoms with Crippen molar-refractivity contribution >= 4 is 49.3 Å². The molecule has 0 atom stereocenters. The molecule has 1 aromatic carbocycles. The zero-order valence-corrected chi connectivity index (χ0v) is 16.0. The third kappa shape index (κ3) is 3.76. The number of rotatable bonds is 4. The van der Waals surface area contributed by atoms with Gasteiger partial charge in [0.2, 0.25) is 0 Å². The predicted molar refractivity (Wildman–Crippen MR) is 96.1 cm³/mol. The van der Waals surface area contributed by atoms with Gasteiger partial charge in [-0.25, -0.2) is 9.97 Å². The highest BCUT2D eigenvalue weighted by Gasteiger charge is 2.17. The van der Waals surface area contributed by atoms with Gasteiger partial charge in [0.15, 0.2) is 5.82 Å². The molecule has 0 saturated carbocycles. The van der Waals surface area contributed by atoms with Crippen molar-refractivity contribution in [3.8, 4) is 11.4 Å². The van der Waals surface area contributed by atoms with Gasteiger partial charge in [0.25, 0.3) is 0 Å². The first-order chi connectivity index (χ1) is 9.93. The molecule has 1 N–H and O–H groups in total. The molecule has 0 saturated heterocycles. The maximum atomic E-state index is 6.10. The van der Waals surface area contributed by atoms with Gasteiger partial charge in [-0.05, 0) is 47.0 Å². The standard InChI is InChI=1S/C15H16Br2ClN3/c1-4-19-15-12(17)13(8(2)3)20-14(21-15)10-7-9(18)5-6-11(10)16/h5-8H,4H2,1-3H3,(H,19,20,21). The van der Waals surface area contributed by atoms with E-state index in [4.69, 9.17) is 16.6 Å². The Kier molecular flexibility index (Phi) is 5.63. The Morgan fingerprint density at radius 3 is 2.57 bits per heavy atom. The van der Waals surface area contributed by atoms with E-state index in [0.29, 0.717) is 10.8 Å². The van der Waals surface area contributed by atoms with E-state index < -0.39 is 0 Å². The monoisotopic (exact) mass is 431 g/mol. The molecule has 6 heteroatoms. The second-order valence-corrected chi connectivity index (χ2v) is 6.99. The summed E-state index contributed by atoms with van der Waals surface area (Å²) in [4.78, 5) is 9.32. The fourth-order valence-corrected chi connectivity index (χ4v) is 3.29. The maximum Gasteiger partial charge on any atom is 0.163 e. The number of aromatic nitrogens is 2. The van der Waals surface area contributed by atoms with E-state index >= 15 is 0 Å². The first-order valence-corrected chi connectivity index (χ1v) is 8.67. The average molecular weight is 434 g/mol. The Bertz CT molecular complexity index is 660. The molecule has 21 heavy (non-hydrogen) atoms. The summed E-state index contributed by atoms with van der Waals surface area (Å²) in [5.74, 6) is 1.75. The van der Waals surface area contributed by atoms with Crippen LogP contribution in [0.25, 0.3) is 11.4 Å². The molecule has 0 fully saturated rings. The average Bonchev–Trinajstić information content (AvgIpc) is 2.43. The van der Waals surface area contributed by atoms with Crippen molar-refractivity contribution in [2.75, 3.05) is 11.9 Å². The molecule has 2 rings (SSSR count). The van der Waals surface area contributed by atoms with Gasteiger partial charge >= 0.3 is 0 Å². The Balaban J connectivity index is 2.65. The highest BCUT2D eigenvalue weighted by molar-refractivity contribution is 9.11. The maximum absolute atomic E-state index is 6.10. The zero-order valence-electron chi connectivity index (χ0n) is 12.0. The smallest absolute Gasteiger partial charge is 0.163 e.